The first-order chi connectivity index (χ1) is 13.0. The zero-order valence-electron chi connectivity index (χ0n) is 13.8. The van der Waals surface area contributed by atoms with Crippen molar-refractivity contribution in [3.8, 4) is 5.75 Å². The van der Waals surface area contributed by atoms with Crippen LogP contribution in [0.4, 0.5) is 16.3 Å². The number of halogens is 2. The number of hydrogen-bond donors (Lipinski definition) is 2. The minimum atomic E-state index is -0.889. The Hall–Kier alpha value is -3.16. The smallest absolute Gasteiger partial charge is 0.409 e. The summed E-state index contributed by atoms with van der Waals surface area (Å²) in [6.45, 7) is 0. The van der Waals surface area contributed by atoms with Crippen molar-refractivity contribution in [2.24, 2.45) is 5.73 Å². The Balaban J connectivity index is 1.77. The molecule has 1 aromatic carbocycles. The monoisotopic (exact) mass is 401 g/mol. The highest BCUT2D eigenvalue weighted by Gasteiger charge is 2.05. The van der Waals surface area contributed by atoms with Crippen LogP contribution in [0.3, 0.4) is 0 Å². The molecule has 0 unspecified atom stereocenters. The summed E-state index contributed by atoms with van der Waals surface area (Å²) in [5, 5.41) is 3.56. The van der Waals surface area contributed by atoms with Crippen molar-refractivity contribution in [3.63, 3.8) is 0 Å². The van der Waals surface area contributed by atoms with Crippen LogP contribution in [-0.2, 0) is 0 Å². The molecule has 9 heteroatoms. The first kappa shape index (κ1) is 18.6. The number of nitrogens with zero attached hydrogens (tertiary/aromatic N) is 3. The summed E-state index contributed by atoms with van der Waals surface area (Å²) in [6.07, 6.45) is 7.29. The van der Waals surface area contributed by atoms with E-state index in [9.17, 15) is 4.79 Å². The van der Waals surface area contributed by atoms with E-state index in [0.29, 0.717) is 10.8 Å². The van der Waals surface area contributed by atoms with Gasteiger partial charge in [0.15, 0.2) is 11.6 Å². The molecule has 0 aliphatic rings. The van der Waals surface area contributed by atoms with Crippen LogP contribution < -0.4 is 15.8 Å². The fourth-order valence-corrected chi connectivity index (χ4v) is 2.45. The maximum atomic E-state index is 10.8. The predicted molar refractivity (Wildman–Crippen MR) is 105 cm³/mol. The standard InChI is InChI=1S/C18H13Cl2N5O2/c19-15-10-23-17(20)25-16(15)24-13-3-1-2-11(6-13)4-5-12-7-14(9-22-8-12)27-18(21)26/h1-10H,(H2,21,26)(H,23,24,25). The Morgan fingerprint density at radius 3 is 2.74 bits per heavy atom. The minimum absolute atomic E-state index is 0.100. The van der Waals surface area contributed by atoms with Gasteiger partial charge in [-0.3, -0.25) is 4.98 Å². The normalized spacial score (nSPS) is 10.7. The second kappa shape index (κ2) is 8.48. The molecule has 136 valence electrons. The SMILES string of the molecule is NC(=O)Oc1cncc(C=Cc2cccc(Nc3nc(Cl)ncc3Cl)c2)c1. The minimum Gasteiger partial charge on any atom is -0.409 e. The number of anilines is 2. The van der Waals surface area contributed by atoms with Gasteiger partial charge in [0.2, 0.25) is 5.28 Å². The molecule has 1 amide bonds. The maximum absolute atomic E-state index is 10.8. The van der Waals surface area contributed by atoms with Crippen LogP contribution >= 0.6 is 23.2 Å². The van der Waals surface area contributed by atoms with Gasteiger partial charge >= 0.3 is 6.09 Å². The van der Waals surface area contributed by atoms with Crippen molar-refractivity contribution in [1.29, 1.82) is 0 Å². The van der Waals surface area contributed by atoms with Gasteiger partial charge < -0.3 is 15.8 Å². The number of nitrogens with two attached hydrogens (primary N) is 1. The Labute approximate surface area is 164 Å². The molecule has 3 N–H and O–H groups in total. The highest BCUT2D eigenvalue weighted by Crippen LogP contribution is 2.24. The van der Waals surface area contributed by atoms with Crippen molar-refractivity contribution in [2.45, 2.75) is 0 Å². The van der Waals surface area contributed by atoms with E-state index >= 15 is 0 Å². The lowest BCUT2D eigenvalue weighted by atomic mass is 10.1. The Morgan fingerprint density at radius 1 is 1.11 bits per heavy atom. The molecule has 2 aromatic heterocycles. The van der Waals surface area contributed by atoms with E-state index in [0.717, 1.165) is 16.8 Å². The lowest BCUT2D eigenvalue weighted by Gasteiger charge is -2.08. The lowest BCUT2D eigenvalue weighted by molar-refractivity contribution is 0.210. The average molecular weight is 402 g/mol. The fourth-order valence-electron chi connectivity index (χ4n) is 2.18. The Bertz CT molecular complexity index is 1010. The third kappa shape index (κ3) is 5.40. The summed E-state index contributed by atoms with van der Waals surface area (Å²) in [5.41, 5.74) is 7.44. The van der Waals surface area contributed by atoms with Crippen molar-refractivity contribution < 1.29 is 9.53 Å². The van der Waals surface area contributed by atoms with Gasteiger partial charge in [0.1, 0.15) is 5.02 Å². The van der Waals surface area contributed by atoms with Crippen molar-refractivity contribution in [1.82, 2.24) is 15.0 Å². The van der Waals surface area contributed by atoms with Gasteiger partial charge in [0.05, 0.1) is 12.4 Å². The fraction of sp³-hybridized carbons (Fsp3) is 0. The van der Waals surface area contributed by atoms with Gasteiger partial charge in [-0.1, -0.05) is 35.9 Å². The van der Waals surface area contributed by atoms with Gasteiger partial charge in [-0.25, -0.2) is 9.78 Å². The van der Waals surface area contributed by atoms with Crippen LogP contribution in [0.15, 0.2) is 48.9 Å². The van der Waals surface area contributed by atoms with Crippen LogP contribution in [0.1, 0.15) is 11.1 Å². The molecule has 0 radical (unpaired) electrons. The number of rotatable bonds is 5. The molecular weight excluding hydrogens is 389 g/mol. The van der Waals surface area contributed by atoms with E-state index < -0.39 is 6.09 Å². The van der Waals surface area contributed by atoms with Crippen molar-refractivity contribution in [2.75, 3.05) is 5.32 Å². The maximum Gasteiger partial charge on any atom is 0.410 e. The van der Waals surface area contributed by atoms with Crippen molar-refractivity contribution in [3.05, 3.63) is 70.4 Å². The molecule has 0 aliphatic heterocycles. The largest absolute Gasteiger partial charge is 0.410 e. The van der Waals surface area contributed by atoms with Crippen LogP contribution in [-0.4, -0.2) is 21.0 Å². The first-order valence-corrected chi connectivity index (χ1v) is 8.41. The van der Waals surface area contributed by atoms with E-state index in [-0.39, 0.29) is 11.0 Å². The summed E-state index contributed by atoms with van der Waals surface area (Å²) in [6, 6.07) is 9.22. The summed E-state index contributed by atoms with van der Waals surface area (Å²) in [4.78, 5) is 22.7. The number of aromatic nitrogens is 3. The van der Waals surface area contributed by atoms with Crippen molar-refractivity contribution >= 4 is 53.0 Å². The number of pyridine rings is 1. The molecule has 2 heterocycles. The van der Waals surface area contributed by atoms with E-state index in [1.54, 1.807) is 12.3 Å². The second-order valence-corrected chi connectivity index (χ2v) is 6.04. The quantitative estimate of drug-likeness (QED) is 0.607. The third-order valence-corrected chi connectivity index (χ3v) is 3.74. The number of carbonyl (C=O) groups excluding carboxylic acids is 1. The predicted octanol–water partition coefficient (Wildman–Crippen LogP) is 4.55. The van der Waals surface area contributed by atoms with Gasteiger partial charge in [-0.15, -0.1) is 0 Å². The number of ether oxygens (including phenoxy) is 1. The summed E-state index contributed by atoms with van der Waals surface area (Å²) < 4.78 is 4.81. The number of primary amides is 1. The highest BCUT2D eigenvalue weighted by atomic mass is 35.5. The molecule has 0 saturated carbocycles. The molecule has 0 spiro atoms. The number of nitrogens with one attached hydrogen (secondary N) is 1. The lowest BCUT2D eigenvalue weighted by Crippen LogP contribution is -2.16. The first-order valence-electron chi connectivity index (χ1n) is 7.65. The average Bonchev–Trinajstić information content (AvgIpc) is 2.63. The topological polar surface area (TPSA) is 103 Å². The molecule has 7 nitrogen and oxygen atoms in total. The molecule has 0 atom stereocenters. The number of hydrogen-bond acceptors (Lipinski definition) is 6. The van der Waals surface area contributed by atoms with Crippen LogP contribution in [0, 0.1) is 0 Å². The summed E-state index contributed by atoms with van der Waals surface area (Å²) >= 11 is 11.9. The van der Waals surface area contributed by atoms with Crippen LogP contribution in [0.2, 0.25) is 10.3 Å². The molecule has 3 rings (SSSR count). The second-order valence-electron chi connectivity index (χ2n) is 5.29. The summed E-state index contributed by atoms with van der Waals surface area (Å²) in [5.74, 6) is 0.689. The Morgan fingerprint density at radius 2 is 1.93 bits per heavy atom. The Kier molecular flexibility index (Phi) is 5.85. The molecule has 0 saturated heterocycles. The number of benzene rings is 1. The third-order valence-electron chi connectivity index (χ3n) is 3.29. The van der Waals surface area contributed by atoms with Gasteiger partial charge in [-0.05, 0) is 40.9 Å². The zero-order valence-corrected chi connectivity index (χ0v) is 15.3. The van der Waals surface area contributed by atoms with Crippen LogP contribution in [0.25, 0.3) is 12.2 Å². The van der Waals surface area contributed by atoms with Crippen LogP contribution in [0.5, 0.6) is 5.75 Å². The van der Waals surface area contributed by atoms with Gasteiger partial charge in [0, 0.05) is 11.9 Å². The molecule has 3 aromatic rings. The molecule has 0 fully saturated rings. The van der Waals surface area contributed by atoms with Gasteiger partial charge in [0.25, 0.3) is 0 Å². The van der Waals surface area contributed by atoms with Gasteiger partial charge in [-0.2, -0.15) is 4.98 Å². The zero-order chi connectivity index (χ0) is 19.2. The van der Waals surface area contributed by atoms with E-state index in [4.69, 9.17) is 33.7 Å². The molecule has 0 aliphatic carbocycles. The molecule has 0 bridgehead atoms. The highest BCUT2D eigenvalue weighted by molar-refractivity contribution is 6.33. The van der Waals surface area contributed by atoms with E-state index in [1.807, 2.05) is 36.4 Å². The van der Waals surface area contributed by atoms with E-state index in [1.165, 1.54) is 12.4 Å². The van der Waals surface area contributed by atoms with E-state index in [2.05, 4.69) is 20.3 Å². The summed E-state index contributed by atoms with van der Waals surface area (Å²) in [7, 11) is 0. The number of amides is 1. The molecule has 27 heavy (non-hydrogen) atoms. The number of carbonyl (C=O) groups is 1. The molecular formula is C18H13Cl2N5O2.